The highest BCUT2D eigenvalue weighted by Gasteiger charge is 2.52. The van der Waals surface area contributed by atoms with Gasteiger partial charge >= 0.3 is 0 Å². The number of nitrogens with one attached hydrogen (secondary N) is 1. The largest absolute Gasteiger partial charge is 0.349 e. The Morgan fingerprint density at radius 2 is 1.87 bits per heavy atom. The van der Waals surface area contributed by atoms with Gasteiger partial charge in [0.2, 0.25) is 11.8 Å². The molecule has 0 unspecified atom stereocenters. The summed E-state index contributed by atoms with van der Waals surface area (Å²) in [5.41, 5.74) is 3.12. The third-order valence-corrected chi connectivity index (χ3v) is 7.00. The summed E-state index contributed by atoms with van der Waals surface area (Å²) in [5, 5.41) is 3.16. The number of amides is 3. The van der Waals surface area contributed by atoms with Crippen LogP contribution in [0.5, 0.6) is 0 Å². The molecule has 2 atom stereocenters. The monoisotopic (exact) mass is 417 g/mol. The third kappa shape index (κ3) is 3.21. The average molecular weight is 418 g/mol. The summed E-state index contributed by atoms with van der Waals surface area (Å²) in [7, 11) is 0. The second kappa shape index (κ2) is 7.52. The van der Waals surface area contributed by atoms with Crippen LogP contribution in [0.1, 0.15) is 66.6 Å². The molecule has 6 heteroatoms. The Bertz CT molecular complexity index is 1070. The van der Waals surface area contributed by atoms with Crippen molar-refractivity contribution in [2.75, 3.05) is 11.4 Å². The lowest BCUT2D eigenvalue weighted by Crippen LogP contribution is -2.62. The topological polar surface area (TPSA) is 69.7 Å². The van der Waals surface area contributed by atoms with E-state index < -0.39 is 5.66 Å². The minimum Gasteiger partial charge on any atom is -0.349 e. The summed E-state index contributed by atoms with van der Waals surface area (Å²) < 4.78 is 0. The van der Waals surface area contributed by atoms with Gasteiger partial charge in [-0.2, -0.15) is 0 Å². The summed E-state index contributed by atoms with van der Waals surface area (Å²) in [6.07, 6.45) is 3.87. The fourth-order valence-corrected chi connectivity index (χ4v) is 5.41. The maximum absolute atomic E-state index is 13.3. The summed E-state index contributed by atoms with van der Waals surface area (Å²) in [5.74, 6) is -0.00432. The van der Waals surface area contributed by atoms with Gasteiger partial charge in [0, 0.05) is 19.4 Å². The zero-order chi connectivity index (χ0) is 21.6. The van der Waals surface area contributed by atoms with E-state index in [0.717, 1.165) is 12.8 Å². The van der Waals surface area contributed by atoms with Crippen molar-refractivity contribution in [1.82, 2.24) is 10.2 Å². The fraction of sp³-hybridized carbons (Fsp3) is 0.400. The lowest BCUT2D eigenvalue weighted by atomic mass is 9.98. The van der Waals surface area contributed by atoms with Gasteiger partial charge in [-0.1, -0.05) is 36.4 Å². The summed E-state index contributed by atoms with van der Waals surface area (Å²) in [4.78, 5) is 42.1. The van der Waals surface area contributed by atoms with Gasteiger partial charge in [0.15, 0.2) is 0 Å². The van der Waals surface area contributed by atoms with Crippen molar-refractivity contribution in [2.45, 2.75) is 57.2 Å². The van der Waals surface area contributed by atoms with Crippen LogP contribution in [-0.2, 0) is 16.0 Å². The molecule has 2 aromatic carbocycles. The highest BCUT2D eigenvalue weighted by atomic mass is 16.2. The van der Waals surface area contributed by atoms with Crippen LogP contribution in [0.3, 0.4) is 0 Å². The molecule has 2 aliphatic heterocycles. The first-order chi connectivity index (χ1) is 15.0. The first-order valence-corrected chi connectivity index (χ1v) is 11.1. The van der Waals surface area contributed by atoms with Crippen molar-refractivity contribution in [1.29, 1.82) is 0 Å². The van der Waals surface area contributed by atoms with E-state index in [1.165, 1.54) is 11.1 Å². The molecule has 1 fully saturated rings. The molecule has 0 bridgehead atoms. The molecule has 1 saturated heterocycles. The van der Waals surface area contributed by atoms with E-state index in [0.29, 0.717) is 43.5 Å². The molecule has 31 heavy (non-hydrogen) atoms. The van der Waals surface area contributed by atoms with Gasteiger partial charge in [-0.3, -0.25) is 19.3 Å². The van der Waals surface area contributed by atoms with Crippen LogP contribution < -0.4 is 10.2 Å². The van der Waals surface area contributed by atoms with Gasteiger partial charge in [-0.05, 0) is 55.9 Å². The maximum Gasteiger partial charge on any atom is 0.257 e. The van der Waals surface area contributed by atoms with Gasteiger partial charge in [-0.25, -0.2) is 0 Å². The smallest absolute Gasteiger partial charge is 0.257 e. The van der Waals surface area contributed by atoms with Gasteiger partial charge in [0.05, 0.1) is 17.3 Å². The summed E-state index contributed by atoms with van der Waals surface area (Å²) >= 11 is 0. The number of aryl methyl sites for hydroxylation is 1. The standard InChI is InChI=1S/C25H27N3O3/c1-25-15-14-23(30)28(25)21-10-5-4-9-19(21)24(31)27(25)16-6-11-22(29)26-20-13-12-17-7-2-3-8-18(17)20/h2-5,7-10,20H,6,11-16H2,1H3,(H,26,29)/t20-,25+/m0/s1. The Hall–Kier alpha value is -3.15. The quantitative estimate of drug-likeness (QED) is 0.809. The minimum absolute atomic E-state index is 0.0102. The van der Waals surface area contributed by atoms with Crippen LogP contribution in [0.15, 0.2) is 48.5 Å². The normalized spacial score (nSPS) is 24.1. The van der Waals surface area contributed by atoms with Gasteiger partial charge in [-0.15, -0.1) is 0 Å². The zero-order valence-electron chi connectivity index (χ0n) is 17.8. The van der Waals surface area contributed by atoms with Crippen molar-refractivity contribution in [3.8, 4) is 0 Å². The molecule has 1 aliphatic carbocycles. The number of benzene rings is 2. The SMILES string of the molecule is C[C@]12CCC(=O)N1c1ccccc1C(=O)N2CCCC(=O)N[C@H]1CCc2ccccc21. The van der Waals surface area contributed by atoms with Gasteiger partial charge in [0.1, 0.15) is 5.66 Å². The number of carbonyl (C=O) groups excluding carboxylic acids is 3. The van der Waals surface area contributed by atoms with Crippen LogP contribution in [0.2, 0.25) is 0 Å². The first-order valence-electron chi connectivity index (χ1n) is 11.1. The molecule has 2 heterocycles. The Labute approximate surface area is 182 Å². The second-order valence-corrected chi connectivity index (χ2v) is 8.88. The van der Waals surface area contributed by atoms with Gasteiger partial charge < -0.3 is 10.2 Å². The molecule has 2 aromatic rings. The predicted octanol–water partition coefficient (Wildman–Crippen LogP) is 3.57. The van der Waals surface area contributed by atoms with E-state index in [-0.39, 0.29) is 23.8 Å². The molecule has 1 N–H and O–H groups in total. The Kier molecular flexibility index (Phi) is 4.80. The number of hydrogen-bond donors (Lipinski definition) is 1. The van der Waals surface area contributed by atoms with E-state index >= 15 is 0 Å². The lowest BCUT2D eigenvalue weighted by molar-refractivity contribution is -0.122. The molecule has 160 valence electrons. The first kappa shape index (κ1) is 19.8. The van der Waals surface area contributed by atoms with E-state index in [4.69, 9.17) is 0 Å². The molecule has 3 amide bonds. The zero-order valence-corrected chi connectivity index (χ0v) is 17.8. The third-order valence-electron chi connectivity index (χ3n) is 7.00. The Morgan fingerprint density at radius 3 is 2.74 bits per heavy atom. The van der Waals surface area contributed by atoms with Crippen LogP contribution >= 0.6 is 0 Å². The molecule has 0 aromatic heterocycles. The number of para-hydroxylation sites is 1. The molecular formula is C25H27N3O3. The van der Waals surface area contributed by atoms with Crippen molar-refractivity contribution >= 4 is 23.4 Å². The van der Waals surface area contributed by atoms with E-state index in [1.807, 2.05) is 37.3 Å². The molecule has 0 spiro atoms. The molecule has 3 aliphatic rings. The lowest BCUT2D eigenvalue weighted by Gasteiger charge is -2.48. The molecule has 6 nitrogen and oxygen atoms in total. The van der Waals surface area contributed by atoms with E-state index in [2.05, 4.69) is 17.4 Å². The highest BCUT2D eigenvalue weighted by Crippen LogP contribution is 2.44. The van der Waals surface area contributed by atoms with Crippen LogP contribution in [0, 0.1) is 0 Å². The molecular weight excluding hydrogens is 390 g/mol. The number of carbonyl (C=O) groups is 3. The molecule has 0 saturated carbocycles. The van der Waals surface area contributed by atoms with Gasteiger partial charge in [0.25, 0.3) is 5.91 Å². The summed E-state index contributed by atoms with van der Waals surface area (Å²) in [6, 6.07) is 15.6. The van der Waals surface area contributed by atoms with Crippen molar-refractivity contribution in [3.63, 3.8) is 0 Å². The van der Waals surface area contributed by atoms with Crippen LogP contribution in [0.25, 0.3) is 0 Å². The maximum atomic E-state index is 13.3. The van der Waals surface area contributed by atoms with E-state index in [9.17, 15) is 14.4 Å². The number of hydrogen-bond acceptors (Lipinski definition) is 3. The average Bonchev–Trinajstić information content (AvgIpc) is 3.31. The van der Waals surface area contributed by atoms with E-state index in [1.54, 1.807) is 15.9 Å². The fourth-order valence-electron chi connectivity index (χ4n) is 5.41. The Balaban J connectivity index is 1.26. The van der Waals surface area contributed by atoms with Crippen molar-refractivity contribution < 1.29 is 14.4 Å². The number of anilines is 1. The number of fused-ring (bicyclic) bond motifs is 4. The minimum atomic E-state index is -0.663. The molecule has 0 radical (unpaired) electrons. The molecule has 5 rings (SSSR count). The number of rotatable bonds is 5. The van der Waals surface area contributed by atoms with Crippen molar-refractivity contribution in [2.24, 2.45) is 0 Å². The summed E-state index contributed by atoms with van der Waals surface area (Å²) in [6.45, 7) is 2.41. The van der Waals surface area contributed by atoms with Crippen molar-refractivity contribution in [3.05, 3.63) is 65.2 Å². The van der Waals surface area contributed by atoms with Crippen LogP contribution in [-0.4, -0.2) is 34.8 Å². The number of nitrogens with zero attached hydrogens (tertiary/aromatic N) is 2. The van der Waals surface area contributed by atoms with Crippen LogP contribution in [0.4, 0.5) is 5.69 Å². The second-order valence-electron chi connectivity index (χ2n) is 8.88. The Morgan fingerprint density at radius 1 is 1.10 bits per heavy atom. The highest BCUT2D eigenvalue weighted by molar-refractivity contribution is 6.10. The predicted molar refractivity (Wildman–Crippen MR) is 117 cm³/mol.